The molecule has 0 unspecified atom stereocenters. The summed E-state index contributed by atoms with van der Waals surface area (Å²) in [5.74, 6) is 0.158. The van der Waals surface area contributed by atoms with Crippen molar-refractivity contribution in [2.24, 2.45) is 5.92 Å². The number of hydrogen-bond donors (Lipinski definition) is 0. The second kappa shape index (κ2) is 5.97. The summed E-state index contributed by atoms with van der Waals surface area (Å²) in [7, 11) is 0. The number of esters is 1. The zero-order chi connectivity index (χ0) is 14.8. The lowest BCUT2D eigenvalue weighted by atomic mass is 10.1. The maximum absolute atomic E-state index is 12.3. The molecule has 5 nitrogen and oxygen atoms in total. The highest BCUT2D eigenvalue weighted by Crippen LogP contribution is 2.30. The van der Waals surface area contributed by atoms with E-state index in [1.165, 1.54) is 0 Å². The molecule has 1 aliphatic carbocycles. The third kappa shape index (κ3) is 3.15. The van der Waals surface area contributed by atoms with Gasteiger partial charge in [-0.1, -0.05) is 35.5 Å². The fourth-order valence-corrected chi connectivity index (χ4v) is 2.56. The maximum Gasteiger partial charge on any atom is 0.359 e. The first-order valence-corrected chi connectivity index (χ1v) is 7.79. The smallest absolute Gasteiger partial charge is 0.359 e. The Morgan fingerprint density at radius 2 is 2.14 bits per heavy atom. The van der Waals surface area contributed by atoms with Crippen LogP contribution in [0.1, 0.15) is 41.9 Å². The summed E-state index contributed by atoms with van der Waals surface area (Å²) in [6.45, 7) is 2.46. The maximum atomic E-state index is 12.3. The number of aromatic nitrogens is 3. The van der Waals surface area contributed by atoms with Gasteiger partial charge < -0.3 is 4.74 Å². The van der Waals surface area contributed by atoms with Crippen molar-refractivity contribution < 1.29 is 9.53 Å². The van der Waals surface area contributed by atoms with Crippen LogP contribution in [0.3, 0.4) is 0 Å². The van der Waals surface area contributed by atoms with E-state index in [4.69, 9.17) is 4.74 Å². The van der Waals surface area contributed by atoms with Gasteiger partial charge in [-0.25, -0.2) is 9.48 Å². The normalized spacial score (nSPS) is 15.7. The highest BCUT2D eigenvalue weighted by atomic mass is 79.9. The summed E-state index contributed by atoms with van der Waals surface area (Å²) in [5, 5.41) is 8.03. The Labute approximate surface area is 131 Å². The summed E-state index contributed by atoms with van der Waals surface area (Å²) in [5.41, 5.74) is 1.43. The minimum atomic E-state index is -0.374. The summed E-state index contributed by atoms with van der Waals surface area (Å²) < 4.78 is 7.38. The van der Waals surface area contributed by atoms with Gasteiger partial charge in [0.15, 0.2) is 10.3 Å². The van der Waals surface area contributed by atoms with E-state index >= 15 is 0 Å². The lowest BCUT2D eigenvalue weighted by Gasteiger charge is -2.14. The van der Waals surface area contributed by atoms with Crippen LogP contribution in [0, 0.1) is 5.92 Å². The van der Waals surface area contributed by atoms with Crippen LogP contribution in [0.5, 0.6) is 0 Å². The molecule has 0 radical (unpaired) electrons. The zero-order valence-corrected chi connectivity index (χ0v) is 13.3. The van der Waals surface area contributed by atoms with Crippen LogP contribution in [0.25, 0.3) is 0 Å². The minimum absolute atomic E-state index is 0.0894. The number of benzene rings is 1. The molecule has 3 rings (SSSR count). The Balaban J connectivity index is 1.83. The van der Waals surface area contributed by atoms with Crippen LogP contribution >= 0.6 is 15.9 Å². The van der Waals surface area contributed by atoms with E-state index in [1.54, 1.807) is 4.68 Å². The first kappa shape index (κ1) is 14.3. The van der Waals surface area contributed by atoms with Gasteiger partial charge >= 0.3 is 5.97 Å². The van der Waals surface area contributed by atoms with Crippen LogP contribution in [0.4, 0.5) is 0 Å². The monoisotopic (exact) mass is 349 g/mol. The highest BCUT2D eigenvalue weighted by Gasteiger charge is 2.27. The molecule has 1 saturated carbocycles. The van der Waals surface area contributed by atoms with Crippen LogP contribution in [0.2, 0.25) is 0 Å². The van der Waals surface area contributed by atoms with Crippen molar-refractivity contribution in [3.63, 3.8) is 0 Å². The molecule has 110 valence electrons. The summed E-state index contributed by atoms with van der Waals surface area (Å²) in [6, 6.07) is 9.79. The molecule has 6 heteroatoms. The molecular weight excluding hydrogens is 334 g/mol. The Bertz CT molecular complexity index is 638. The van der Waals surface area contributed by atoms with Crippen molar-refractivity contribution >= 4 is 21.9 Å². The van der Waals surface area contributed by atoms with Gasteiger partial charge in [0.1, 0.15) is 0 Å². The fourth-order valence-electron chi connectivity index (χ4n) is 2.14. The Morgan fingerprint density at radius 3 is 2.81 bits per heavy atom. The largest absolute Gasteiger partial charge is 0.461 e. The van der Waals surface area contributed by atoms with Gasteiger partial charge in [-0.2, -0.15) is 0 Å². The first-order valence-electron chi connectivity index (χ1n) is 6.99. The van der Waals surface area contributed by atoms with Gasteiger partial charge in [0.2, 0.25) is 0 Å². The van der Waals surface area contributed by atoms with Crippen molar-refractivity contribution in [2.75, 3.05) is 6.61 Å². The van der Waals surface area contributed by atoms with Crippen molar-refractivity contribution in [3.8, 4) is 0 Å². The van der Waals surface area contributed by atoms with E-state index in [1.807, 2.05) is 37.3 Å². The van der Waals surface area contributed by atoms with Gasteiger partial charge in [0, 0.05) is 0 Å². The predicted octanol–water partition coefficient (Wildman–Crippen LogP) is 3.22. The van der Waals surface area contributed by atoms with Crippen molar-refractivity contribution in [2.45, 2.75) is 25.8 Å². The molecule has 1 aromatic heterocycles. The molecule has 0 N–H and O–H groups in total. The number of hydrogen-bond acceptors (Lipinski definition) is 4. The molecule has 1 aliphatic rings. The quantitative estimate of drug-likeness (QED) is 0.777. The molecule has 21 heavy (non-hydrogen) atoms. The lowest BCUT2D eigenvalue weighted by Crippen LogP contribution is -2.18. The molecule has 0 bridgehead atoms. The Kier molecular flexibility index (Phi) is 4.05. The second-order valence-corrected chi connectivity index (χ2v) is 6.05. The Morgan fingerprint density at radius 1 is 1.43 bits per heavy atom. The molecule has 1 fully saturated rings. The van der Waals surface area contributed by atoms with Gasteiger partial charge in [-0.05, 0) is 47.2 Å². The molecular formula is C15H16BrN3O2. The third-order valence-electron chi connectivity index (χ3n) is 3.64. The van der Waals surface area contributed by atoms with Gasteiger partial charge in [0.05, 0.1) is 12.6 Å². The summed E-state index contributed by atoms with van der Waals surface area (Å²) in [6.07, 6.45) is 2.29. The number of carbonyl (C=O) groups is 1. The molecule has 0 spiro atoms. The SMILES string of the molecule is C[C@H](c1ccccc1)n1nnc(Br)c1C(=O)OCC1CC1. The van der Waals surface area contributed by atoms with Crippen molar-refractivity contribution in [1.82, 2.24) is 15.0 Å². The van der Waals surface area contributed by atoms with E-state index in [-0.39, 0.29) is 12.0 Å². The van der Waals surface area contributed by atoms with E-state index in [0.717, 1.165) is 18.4 Å². The topological polar surface area (TPSA) is 57.0 Å². The highest BCUT2D eigenvalue weighted by molar-refractivity contribution is 9.10. The Hall–Kier alpha value is -1.69. The van der Waals surface area contributed by atoms with Crippen LogP contribution < -0.4 is 0 Å². The molecule has 0 saturated heterocycles. The van der Waals surface area contributed by atoms with Gasteiger partial charge in [0.25, 0.3) is 0 Å². The van der Waals surface area contributed by atoms with E-state index < -0.39 is 0 Å². The predicted molar refractivity (Wildman–Crippen MR) is 81.0 cm³/mol. The second-order valence-electron chi connectivity index (χ2n) is 5.30. The van der Waals surface area contributed by atoms with Crippen molar-refractivity contribution in [3.05, 3.63) is 46.2 Å². The van der Waals surface area contributed by atoms with Gasteiger partial charge in [-0.15, -0.1) is 5.10 Å². The zero-order valence-electron chi connectivity index (χ0n) is 11.7. The number of nitrogens with zero attached hydrogens (tertiary/aromatic N) is 3. The first-order chi connectivity index (χ1) is 10.2. The van der Waals surface area contributed by atoms with Crippen molar-refractivity contribution in [1.29, 1.82) is 0 Å². The van der Waals surface area contributed by atoms with E-state index in [2.05, 4.69) is 26.2 Å². The molecule has 0 amide bonds. The average Bonchev–Trinajstić information content (AvgIpc) is 3.26. The van der Waals surface area contributed by atoms with E-state index in [9.17, 15) is 4.79 Å². The molecule has 2 aromatic rings. The minimum Gasteiger partial charge on any atom is -0.461 e. The van der Waals surface area contributed by atoms with Crippen LogP contribution in [-0.2, 0) is 4.74 Å². The fraction of sp³-hybridized carbons (Fsp3) is 0.400. The molecule has 1 heterocycles. The molecule has 1 aromatic carbocycles. The standard InChI is InChI=1S/C15H16BrN3O2/c1-10(12-5-3-2-4-6-12)19-13(14(16)17-18-19)15(20)21-9-11-7-8-11/h2-6,10-11H,7-9H2,1H3/t10-/m1/s1. The lowest BCUT2D eigenvalue weighted by molar-refractivity contribution is 0.0469. The molecule has 0 aliphatic heterocycles. The van der Waals surface area contributed by atoms with E-state index in [0.29, 0.717) is 22.8 Å². The number of carbonyl (C=O) groups excluding carboxylic acids is 1. The molecule has 1 atom stereocenters. The summed E-state index contributed by atoms with van der Waals surface area (Å²) in [4.78, 5) is 12.3. The number of rotatable bonds is 5. The summed E-state index contributed by atoms with van der Waals surface area (Å²) >= 11 is 3.29. The van der Waals surface area contributed by atoms with Gasteiger partial charge in [-0.3, -0.25) is 0 Å². The number of ether oxygens (including phenoxy) is 1. The number of halogens is 1. The van der Waals surface area contributed by atoms with Crippen LogP contribution in [-0.4, -0.2) is 27.6 Å². The average molecular weight is 350 g/mol. The van der Waals surface area contributed by atoms with Crippen LogP contribution in [0.15, 0.2) is 34.9 Å². The third-order valence-corrected chi connectivity index (χ3v) is 4.18.